The van der Waals surface area contributed by atoms with Gasteiger partial charge in [0.15, 0.2) is 6.23 Å². The summed E-state index contributed by atoms with van der Waals surface area (Å²) >= 11 is 0. The van der Waals surface area contributed by atoms with Gasteiger partial charge in [0.1, 0.15) is 12.2 Å². The number of halogens is 3. The Morgan fingerprint density at radius 1 is 1.06 bits per heavy atom. The summed E-state index contributed by atoms with van der Waals surface area (Å²) < 4.78 is 47.9. The number of piperidine rings is 1. The van der Waals surface area contributed by atoms with E-state index in [0.717, 1.165) is 71.6 Å². The highest BCUT2D eigenvalue weighted by atomic mass is 19.4. The van der Waals surface area contributed by atoms with Gasteiger partial charge in [-0.3, -0.25) is 14.9 Å². The van der Waals surface area contributed by atoms with Gasteiger partial charge in [0.2, 0.25) is 0 Å². The summed E-state index contributed by atoms with van der Waals surface area (Å²) in [7, 11) is 0. The van der Waals surface area contributed by atoms with E-state index in [9.17, 15) is 13.2 Å². The number of alkyl halides is 3. The predicted octanol–water partition coefficient (Wildman–Crippen LogP) is -0.463. The molecule has 0 aromatic carbocycles. The van der Waals surface area contributed by atoms with Gasteiger partial charge in [0.05, 0.1) is 45.1 Å². The van der Waals surface area contributed by atoms with Gasteiger partial charge < -0.3 is 15.0 Å². The topological polar surface area (TPSA) is 76.0 Å². The fourth-order valence-electron chi connectivity index (χ4n) is 6.97. The average molecular weight is 494 g/mol. The third-order valence-electron chi connectivity index (χ3n) is 8.68. The SMILES string of the molecule is FC(F)(F)OC1CCCC(C[NH+]2CCCC2C2NC(C3CCC(N4CCOCC4)[NH2+]C3)NO2)C1. The van der Waals surface area contributed by atoms with Crippen molar-refractivity contribution in [2.45, 2.75) is 88.4 Å². The fourth-order valence-corrected chi connectivity index (χ4v) is 6.97. The molecule has 4 saturated heterocycles. The van der Waals surface area contributed by atoms with Crippen molar-refractivity contribution in [3.05, 3.63) is 0 Å². The second kappa shape index (κ2) is 11.2. The van der Waals surface area contributed by atoms with Crippen molar-refractivity contribution >= 4 is 0 Å². The van der Waals surface area contributed by atoms with Crippen LogP contribution in [0.2, 0.25) is 0 Å². The molecule has 8 nitrogen and oxygen atoms in total. The molecule has 4 heterocycles. The van der Waals surface area contributed by atoms with Gasteiger partial charge in [-0.1, -0.05) is 6.42 Å². The number of hydrogen-bond donors (Lipinski definition) is 4. The van der Waals surface area contributed by atoms with E-state index in [4.69, 9.17) is 9.57 Å². The van der Waals surface area contributed by atoms with Crippen LogP contribution in [0.3, 0.4) is 0 Å². The first-order valence-electron chi connectivity index (χ1n) is 13.4. The Hall–Kier alpha value is -0.530. The minimum atomic E-state index is -4.53. The molecule has 8 unspecified atom stereocenters. The summed E-state index contributed by atoms with van der Waals surface area (Å²) in [5.74, 6) is 0.803. The zero-order valence-electron chi connectivity index (χ0n) is 20.0. The predicted molar refractivity (Wildman–Crippen MR) is 117 cm³/mol. The summed E-state index contributed by atoms with van der Waals surface area (Å²) in [5.41, 5.74) is 3.28. The molecule has 196 valence electrons. The molecule has 34 heavy (non-hydrogen) atoms. The van der Waals surface area contributed by atoms with Crippen LogP contribution in [-0.4, -0.2) is 87.9 Å². The number of nitrogens with one attached hydrogen (secondary N) is 3. The van der Waals surface area contributed by atoms with Crippen LogP contribution in [0.25, 0.3) is 0 Å². The Bertz CT molecular complexity index is 646. The van der Waals surface area contributed by atoms with E-state index in [0.29, 0.717) is 31.0 Å². The van der Waals surface area contributed by atoms with Crippen molar-refractivity contribution in [3.63, 3.8) is 0 Å². The van der Waals surface area contributed by atoms with Gasteiger partial charge in [-0.25, -0.2) is 4.90 Å². The quantitative estimate of drug-likeness (QED) is 0.401. The monoisotopic (exact) mass is 493 g/mol. The van der Waals surface area contributed by atoms with E-state index in [1.54, 1.807) is 0 Å². The number of ether oxygens (including phenoxy) is 2. The normalized spacial score (nSPS) is 42.8. The number of hydrogen-bond acceptors (Lipinski definition) is 6. The van der Waals surface area contributed by atoms with E-state index in [-0.39, 0.29) is 18.3 Å². The molecule has 5 aliphatic rings. The zero-order chi connectivity index (χ0) is 23.5. The summed E-state index contributed by atoms with van der Waals surface area (Å²) in [6, 6.07) is 0.343. The first-order chi connectivity index (χ1) is 16.4. The molecule has 1 saturated carbocycles. The van der Waals surface area contributed by atoms with E-state index in [1.165, 1.54) is 17.7 Å². The molecule has 0 amide bonds. The van der Waals surface area contributed by atoms with Gasteiger partial charge in [-0.15, -0.1) is 13.2 Å². The van der Waals surface area contributed by atoms with Gasteiger partial charge in [0.25, 0.3) is 0 Å². The number of likely N-dealkylation sites (tertiary alicyclic amines) is 1. The number of quaternary nitrogens is 2. The van der Waals surface area contributed by atoms with Crippen molar-refractivity contribution in [2.24, 2.45) is 11.8 Å². The lowest BCUT2D eigenvalue weighted by molar-refractivity contribution is -0.919. The summed E-state index contributed by atoms with van der Waals surface area (Å²) in [6.45, 7) is 6.79. The number of rotatable bonds is 6. The molecule has 8 atom stereocenters. The third-order valence-corrected chi connectivity index (χ3v) is 8.68. The molecule has 1 aliphatic carbocycles. The van der Waals surface area contributed by atoms with Crippen molar-refractivity contribution in [1.29, 1.82) is 0 Å². The molecular weight excluding hydrogens is 451 g/mol. The van der Waals surface area contributed by atoms with Crippen LogP contribution in [0.15, 0.2) is 0 Å². The molecule has 0 bridgehead atoms. The largest absolute Gasteiger partial charge is 0.522 e. The first-order valence-corrected chi connectivity index (χ1v) is 13.4. The molecule has 5 rings (SSSR count). The highest BCUT2D eigenvalue weighted by Gasteiger charge is 2.45. The molecule has 0 radical (unpaired) electrons. The molecule has 11 heteroatoms. The summed E-state index contributed by atoms with van der Waals surface area (Å²) in [4.78, 5) is 10.1. The molecule has 5 N–H and O–H groups in total. The minimum absolute atomic E-state index is 0.0368. The molecule has 4 aliphatic heterocycles. The van der Waals surface area contributed by atoms with Gasteiger partial charge in [0, 0.05) is 44.2 Å². The Morgan fingerprint density at radius 2 is 1.91 bits per heavy atom. The van der Waals surface area contributed by atoms with E-state index in [2.05, 4.69) is 25.8 Å². The summed E-state index contributed by atoms with van der Waals surface area (Å²) in [6.07, 6.45) is 2.88. The van der Waals surface area contributed by atoms with Crippen LogP contribution in [-0.2, 0) is 14.3 Å². The Kier molecular flexibility index (Phi) is 8.31. The smallest absolute Gasteiger partial charge is 0.379 e. The minimum Gasteiger partial charge on any atom is -0.379 e. The first kappa shape index (κ1) is 25.1. The lowest BCUT2D eigenvalue weighted by Crippen LogP contribution is -3.16. The fraction of sp³-hybridized carbons (Fsp3) is 1.00. The van der Waals surface area contributed by atoms with Crippen molar-refractivity contribution in [1.82, 2.24) is 15.7 Å². The lowest BCUT2D eigenvalue weighted by Gasteiger charge is -2.37. The second-order valence-corrected chi connectivity index (χ2v) is 10.9. The van der Waals surface area contributed by atoms with E-state index in [1.807, 2.05) is 0 Å². The van der Waals surface area contributed by atoms with Gasteiger partial charge in [-0.2, -0.15) is 5.48 Å². The Morgan fingerprint density at radius 3 is 2.68 bits per heavy atom. The Labute approximate surface area is 200 Å². The highest BCUT2D eigenvalue weighted by Crippen LogP contribution is 2.31. The third kappa shape index (κ3) is 6.42. The van der Waals surface area contributed by atoms with Crippen LogP contribution >= 0.6 is 0 Å². The van der Waals surface area contributed by atoms with E-state index < -0.39 is 12.5 Å². The van der Waals surface area contributed by atoms with Crippen LogP contribution < -0.4 is 21.0 Å². The van der Waals surface area contributed by atoms with Crippen molar-refractivity contribution in [3.8, 4) is 0 Å². The van der Waals surface area contributed by atoms with Crippen LogP contribution in [0.4, 0.5) is 13.2 Å². The lowest BCUT2D eigenvalue weighted by atomic mass is 9.86. The standard InChI is InChI=1S/C23H40F3N5O3/c24-23(25,26)33-18-4-1-3-16(13-18)15-31-8-2-5-19(31)22-28-21(29-34-22)17-6-7-20(27-14-17)30-9-11-32-12-10-30/h16-22,27-29H,1-15H2/p+2. The van der Waals surface area contributed by atoms with Crippen LogP contribution in [0.1, 0.15) is 51.4 Å². The van der Waals surface area contributed by atoms with Crippen LogP contribution in [0.5, 0.6) is 0 Å². The second-order valence-electron chi connectivity index (χ2n) is 10.9. The van der Waals surface area contributed by atoms with Crippen molar-refractivity contribution in [2.75, 3.05) is 45.9 Å². The molecule has 0 aromatic heterocycles. The molecule has 5 fully saturated rings. The number of nitrogens with two attached hydrogens (primary N) is 1. The number of hydroxylamine groups is 1. The van der Waals surface area contributed by atoms with Crippen LogP contribution in [0, 0.1) is 11.8 Å². The maximum Gasteiger partial charge on any atom is 0.522 e. The highest BCUT2D eigenvalue weighted by molar-refractivity contribution is 4.85. The average Bonchev–Trinajstić information content (AvgIpc) is 3.48. The molecular formula is C23H42F3N5O3+2. The molecule has 0 spiro atoms. The number of morpholine rings is 1. The van der Waals surface area contributed by atoms with Gasteiger partial charge >= 0.3 is 6.36 Å². The molecule has 0 aromatic rings. The van der Waals surface area contributed by atoms with Crippen molar-refractivity contribution < 1.29 is 37.7 Å². The maximum atomic E-state index is 12.7. The van der Waals surface area contributed by atoms with E-state index >= 15 is 0 Å². The summed E-state index contributed by atoms with van der Waals surface area (Å²) in [5, 5.41) is 6.20. The zero-order valence-corrected chi connectivity index (χ0v) is 20.0. The number of nitrogens with zero attached hydrogens (tertiary/aromatic N) is 1. The van der Waals surface area contributed by atoms with Gasteiger partial charge in [-0.05, 0) is 25.7 Å². The Balaban J connectivity index is 1.08. The maximum absolute atomic E-state index is 12.7.